The lowest BCUT2D eigenvalue weighted by molar-refractivity contribution is -0.161. The van der Waals surface area contributed by atoms with E-state index in [1.165, 1.54) is 44.9 Å². The lowest BCUT2D eigenvalue weighted by Crippen LogP contribution is -2.28. The van der Waals surface area contributed by atoms with Crippen LogP contribution in [-0.2, 0) is 19.1 Å². The van der Waals surface area contributed by atoms with E-state index in [0.29, 0.717) is 12.8 Å². The van der Waals surface area contributed by atoms with Crippen molar-refractivity contribution in [1.82, 2.24) is 0 Å². The van der Waals surface area contributed by atoms with Gasteiger partial charge in [0.2, 0.25) is 0 Å². The third-order valence-electron chi connectivity index (χ3n) is 8.83. The van der Waals surface area contributed by atoms with Crippen LogP contribution in [-0.4, -0.2) is 36.4 Å². The highest BCUT2D eigenvalue weighted by Gasteiger charge is 2.16. The molecule has 0 aliphatic heterocycles. The third kappa shape index (κ3) is 43.2. The minimum Gasteiger partial charge on any atom is -0.462 e. The van der Waals surface area contributed by atoms with Gasteiger partial charge >= 0.3 is 11.9 Å². The zero-order chi connectivity index (χ0) is 40.0. The summed E-state index contributed by atoms with van der Waals surface area (Å²) in [5, 5.41) is 9.50. The number of hydrogen-bond donors (Lipinski definition) is 1. The molecular formula is C50H80O5. The summed E-state index contributed by atoms with van der Waals surface area (Å²) in [6.07, 6.45) is 64.8. The van der Waals surface area contributed by atoms with Crippen LogP contribution < -0.4 is 0 Å². The maximum atomic E-state index is 12.1. The molecule has 5 nitrogen and oxygen atoms in total. The number of carbonyl (C=O) groups is 2. The van der Waals surface area contributed by atoms with Crippen LogP contribution in [0.3, 0.4) is 0 Å². The van der Waals surface area contributed by atoms with Crippen molar-refractivity contribution in [1.29, 1.82) is 0 Å². The predicted molar refractivity (Wildman–Crippen MR) is 237 cm³/mol. The van der Waals surface area contributed by atoms with Crippen LogP contribution in [0.1, 0.15) is 174 Å². The quantitative estimate of drug-likeness (QED) is 0.0385. The van der Waals surface area contributed by atoms with E-state index >= 15 is 0 Å². The molecule has 0 aliphatic rings. The molecule has 310 valence electrons. The largest absolute Gasteiger partial charge is 0.462 e. The van der Waals surface area contributed by atoms with E-state index in [-0.39, 0.29) is 25.2 Å². The maximum Gasteiger partial charge on any atom is 0.306 e. The van der Waals surface area contributed by atoms with Gasteiger partial charge in [-0.05, 0) is 83.5 Å². The summed E-state index contributed by atoms with van der Waals surface area (Å²) in [6.45, 7) is 3.93. The van der Waals surface area contributed by atoms with E-state index in [1.807, 2.05) is 0 Å². The molecule has 5 heteroatoms. The Morgan fingerprint density at radius 2 is 0.782 bits per heavy atom. The van der Waals surface area contributed by atoms with Gasteiger partial charge in [-0.3, -0.25) is 9.59 Å². The minimum absolute atomic E-state index is 0.0762. The van der Waals surface area contributed by atoms with Gasteiger partial charge in [0.05, 0.1) is 6.61 Å². The number of ether oxygens (including phenoxy) is 2. The van der Waals surface area contributed by atoms with Crippen molar-refractivity contribution in [3.05, 3.63) is 109 Å². The van der Waals surface area contributed by atoms with Crippen molar-refractivity contribution in [2.24, 2.45) is 0 Å². The first-order chi connectivity index (χ1) is 27.1. The molecule has 0 saturated heterocycles. The molecule has 1 N–H and O–H groups in total. The molecule has 0 bridgehead atoms. The number of allylic oxidation sites excluding steroid dienone is 18. The smallest absolute Gasteiger partial charge is 0.306 e. The van der Waals surface area contributed by atoms with Crippen LogP contribution in [0, 0.1) is 0 Å². The van der Waals surface area contributed by atoms with Gasteiger partial charge in [0.25, 0.3) is 0 Å². The van der Waals surface area contributed by atoms with E-state index in [2.05, 4.69) is 123 Å². The first-order valence-corrected chi connectivity index (χ1v) is 21.9. The third-order valence-corrected chi connectivity index (χ3v) is 8.83. The van der Waals surface area contributed by atoms with Crippen molar-refractivity contribution in [2.75, 3.05) is 13.2 Å². The van der Waals surface area contributed by atoms with Gasteiger partial charge in [0.1, 0.15) is 6.61 Å². The maximum absolute atomic E-state index is 12.1. The summed E-state index contributed by atoms with van der Waals surface area (Å²) in [7, 11) is 0. The average molecular weight is 761 g/mol. The predicted octanol–water partition coefficient (Wildman–Crippen LogP) is 14.2. The lowest BCUT2D eigenvalue weighted by atomic mass is 10.1. The highest BCUT2D eigenvalue weighted by Crippen LogP contribution is 2.12. The Morgan fingerprint density at radius 3 is 1.18 bits per heavy atom. The molecular weight excluding hydrogens is 681 g/mol. The summed E-state index contributed by atoms with van der Waals surface area (Å²) in [4.78, 5) is 24.0. The topological polar surface area (TPSA) is 72.8 Å². The highest BCUT2D eigenvalue weighted by molar-refractivity contribution is 5.70. The van der Waals surface area contributed by atoms with E-state index < -0.39 is 6.10 Å². The van der Waals surface area contributed by atoms with Crippen molar-refractivity contribution in [3.8, 4) is 0 Å². The van der Waals surface area contributed by atoms with E-state index in [1.54, 1.807) is 0 Å². The SMILES string of the molecule is CC/C=C\C/C=C\C/C=C\C/C=C\C/C=C\C/C=C\C/C=C\C/C=C\C/C=C\CCCCCCCCCC(=O)OC(CO)COC(=O)CCCCCCCC. The molecule has 0 aromatic heterocycles. The fourth-order valence-electron chi connectivity index (χ4n) is 5.54. The van der Waals surface area contributed by atoms with Gasteiger partial charge in [-0.2, -0.15) is 0 Å². The summed E-state index contributed by atoms with van der Waals surface area (Å²) in [5.41, 5.74) is 0. The van der Waals surface area contributed by atoms with Crippen LogP contribution in [0.25, 0.3) is 0 Å². The van der Waals surface area contributed by atoms with Crippen molar-refractivity contribution in [2.45, 2.75) is 180 Å². The summed E-state index contributed by atoms with van der Waals surface area (Å²) >= 11 is 0. The average Bonchev–Trinajstić information content (AvgIpc) is 3.19. The molecule has 55 heavy (non-hydrogen) atoms. The molecule has 1 unspecified atom stereocenters. The van der Waals surface area contributed by atoms with Crippen molar-refractivity contribution < 1.29 is 24.2 Å². The molecule has 0 saturated carbocycles. The number of hydrogen-bond acceptors (Lipinski definition) is 5. The number of aliphatic hydroxyl groups excluding tert-OH is 1. The standard InChI is InChI=1S/C50H80O5/c1-3-5-7-9-11-12-13-14-15-16-17-18-19-20-21-22-23-24-25-26-27-28-29-30-31-32-33-34-35-36-37-38-39-41-43-45-50(53)55-48(46-51)47-54-49(52)44-42-40-10-8-6-4-2/h5,7,11-12,14-15,17-18,20-21,23-24,26-27,29-30,32-33,48,51H,3-4,6,8-10,13,16,19,22,25,28,31,34-47H2,1-2H3/b7-5-,12-11-,15-14-,18-17-,21-20-,24-23-,27-26-,30-29-,33-32-. The number of carbonyl (C=O) groups excluding carboxylic acids is 2. The summed E-state index contributed by atoms with van der Waals surface area (Å²) in [5.74, 6) is -0.623. The van der Waals surface area contributed by atoms with E-state index in [9.17, 15) is 14.7 Å². The number of aliphatic hydroxyl groups is 1. The molecule has 0 radical (unpaired) electrons. The number of rotatable bonds is 38. The Labute approximate surface area is 338 Å². The Morgan fingerprint density at radius 1 is 0.436 bits per heavy atom. The van der Waals surface area contributed by atoms with Gasteiger partial charge < -0.3 is 14.6 Å². The Balaban J connectivity index is 3.62. The Kier molecular flexibility index (Phi) is 42.1. The number of unbranched alkanes of at least 4 members (excludes halogenated alkanes) is 12. The second-order valence-corrected chi connectivity index (χ2v) is 14.0. The van der Waals surface area contributed by atoms with Crippen LogP contribution >= 0.6 is 0 Å². The van der Waals surface area contributed by atoms with Crippen LogP contribution in [0.4, 0.5) is 0 Å². The molecule has 0 amide bonds. The van der Waals surface area contributed by atoms with Crippen molar-refractivity contribution in [3.63, 3.8) is 0 Å². The molecule has 0 rings (SSSR count). The molecule has 0 aliphatic carbocycles. The number of esters is 2. The highest BCUT2D eigenvalue weighted by atomic mass is 16.6. The molecule has 0 heterocycles. The second kappa shape index (κ2) is 45.0. The molecule has 1 atom stereocenters. The zero-order valence-corrected chi connectivity index (χ0v) is 35.1. The van der Waals surface area contributed by atoms with Gasteiger partial charge in [0.15, 0.2) is 6.10 Å². The van der Waals surface area contributed by atoms with Gasteiger partial charge in [-0.1, -0.05) is 187 Å². The van der Waals surface area contributed by atoms with Crippen LogP contribution in [0.2, 0.25) is 0 Å². The second-order valence-electron chi connectivity index (χ2n) is 14.0. The first-order valence-electron chi connectivity index (χ1n) is 21.9. The molecule has 0 spiro atoms. The van der Waals surface area contributed by atoms with E-state index in [4.69, 9.17) is 9.47 Å². The van der Waals surface area contributed by atoms with Crippen LogP contribution in [0.5, 0.6) is 0 Å². The Bertz CT molecular complexity index is 1130. The van der Waals surface area contributed by atoms with Crippen LogP contribution in [0.15, 0.2) is 109 Å². The fourth-order valence-corrected chi connectivity index (χ4v) is 5.54. The normalized spacial score (nSPS) is 13.3. The van der Waals surface area contributed by atoms with E-state index in [0.717, 1.165) is 103 Å². The first kappa shape index (κ1) is 51.6. The summed E-state index contributed by atoms with van der Waals surface area (Å²) in [6, 6.07) is 0. The summed E-state index contributed by atoms with van der Waals surface area (Å²) < 4.78 is 10.5. The molecule has 0 fully saturated rings. The van der Waals surface area contributed by atoms with Gasteiger partial charge in [-0.15, -0.1) is 0 Å². The molecule has 0 aromatic carbocycles. The lowest BCUT2D eigenvalue weighted by Gasteiger charge is -2.15. The molecule has 0 aromatic rings. The fraction of sp³-hybridized carbons (Fsp3) is 0.600. The van der Waals surface area contributed by atoms with Crippen molar-refractivity contribution >= 4 is 11.9 Å². The minimum atomic E-state index is -0.779. The monoisotopic (exact) mass is 761 g/mol. The van der Waals surface area contributed by atoms with Gasteiger partial charge in [0, 0.05) is 12.8 Å². The Hall–Kier alpha value is -3.44. The van der Waals surface area contributed by atoms with Gasteiger partial charge in [-0.25, -0.2) is 0 Å². The zero-order valence-electron chi connectivity index (χ0n) is 35.1.